The molecular weight excluding hydrogens is 384 g/mol. The Kier molecular flexibility index (Phi) is 6.29. The quantitative estimate of drug-likeness (QED) is 0.322. The normalized spacial score (nSPS) is 11.8. The zero-order valence-corrected chi connectivity index (χ0v) is 16.1. The predicted octanol–water partition coefficient (Wildman–Crippen LogP) is 5.42. The molecule has 30 heavy (non-hydrogen) atoms. The van der Waals surface area contributed by atoms with Crippen LogP contribution < -0.4 is 5.43 Å². The molecule has 0 aliphatic heterocycles. The molecule has 0 aromatic heterocycles. The van der Waals surface area contributed by atoms with E-state index in [-0.39, 0.29) is 11.4 Å². The Morgan fingerprint density at radius 3 is 2.03 bits per heavy atom. The van der Waals surface area contributed by atoms with Gasteiger partial charge in [-0.15, -0.1) is 0 Å². The molecule has 0 saturated heterocycles. The van der Waals surface area contributed by atoms with Gasteiger partial charge in [-0.1, -0.05) is 60.7 Å². The Morgan fingerprint density at radius 1 is 0.867 bits per heavy atom. The highest BCUT2D eigenvalue weighted by atomic mass is 16.6. The van der Waals surface area contributed by atoms with Crippen molar-refractivity contribution < 1.29 is 9.85 Å². The van der Waals surface area contributed by atoms with Gasteiger partial charge in [0.05, 0.1) is 21.6 Å². The van der Waals surface area contributed by atoms with Crippen LogP contribution in [0.25, 0.3) is 5.57 Å². The van der Waals surface area contributed by atoms with Crippen molar-refractivity contribution >= 4 is 28.3 Å². The minimum Gasteiger partial charge on any atom is -0.271 e. The van der Waals surface area contributed by atoms with E-state index in [1.807, 2.05) is 73.7 Å². The van der Waals surface area contributed by atoms with Crippen molar-refractivity contribution in [3.05, 3.63) is 116 Å². The first-order valence-corrected chi connectivity index (χ1v) is 9.01. The van der Waals surface area contributed by atoms with E-state index in [4.69, 9.17) is 0 Å². The topological polar surface area (TPSA) is 111 Å². The van der Waals surface area contributed by atoms with Crippen LogP contribution >= 0.6 is 0 Å². The Hall–Kier alpha value is -4.33. The van der Waals surface area contributed by atoms with Gasteiger partial charge in [0.1, 0.15) is 5.69 Å². The highest BCUT2D eigenvalue weighted by molar-refractivity contribution is 6.12. The van der Waals surface area contributed by atoms with E-state index in [1.165, 1.54) is 12.1 Å². The lowest BCUT2D eigenvalue weighted by Crippen LogP contribution is -2.04. The minimum absolute atomic E-state index is 0.0600. The fourth-order valence-electron chi connectivity index (χ4n) is 2.78. The van der Waals surface area contributed by atoms with E-state index < -0.39 is 15.5 Å². The van der Waals surface area contributed by atoms with Crippen LogP contribution in [0.1, 0.15) is 18.1 Å². The van der Waals surface area contributed by atoms with Crippen LogP contribution in [0.15, 0.2) is 90.0 Å². The summed E-state index contributed by atoms with van der Waals surface area (Å²) in [5.41, 5.74) is 5.31. The summed E-state index contributed by atoms with van der Waals surface area (Å²) in [5, 5.41) is 26.6. The van der Waals surface area contributed by atoms with E-state index in [0.29, 0.717) is 5.71 Å². The molecule has 0 aliphatic carbocycles. The number of anilines is 1. The van der Waals surface area contributed by atoms with Crippen molar-refractivity contribution in [3.63, 3.8) is 0 Å². The van der Waals surface area contributed by atoms with Crippen molar-refractivity contribution in [1.82, 2.24) is 0 Å². The Morgan fingerprint density at radius 2 is 1.47 bits per heavy atom. The smallest absolute Gasteiger partial charge is 0.271 e. The molecule has 0 amide bonds. The third-order valence-corrected chi connectivity index (χ3v) is 4.34. The maximum atomic E-state index is 11.4. The average Bonchev–Trinajstić information content (AvgIpc) is 2.77. The van der Waals surface area contributed by atoms with Crippen LogP contribution in [-0.4, -0.2) is 15.6 Å². The fourth-order valence-corrected chi connectivity index (χ4v) is 2.78. The zero-order valence-electron chi connectivity index (χ0n) is 16.1. The first-order chi connectivity index (χ1) is 14.5. The third-order valence-electron chi connectivity index (χ3n) is 4.34. The van der Waals surface area contributed by atoms with E-state index in [0.717, 1.165) is 22.8 Å². The summed E-state index contributed by atoms with van der Waals surface area (Å²) in [5.74, 6) is 0. The number of non-ortho nitro benzene ring substituents is 1. The average molecular weight is 402 g/mol. The summed E-state index contributed by atoms with van der Waals surface area (Å²) in [6, 6.07) is 22.5. The number of nitro benzene ring substituents is 2. The summed E-state index contributed by atoms with van der Waals surface area (Å²) < 4.78 is 0. The summed E-state index contributed by atoms with van der Waals surface area (Å²) in [6.45, 7) is 1.95. The molecule has 8 heteroatoms. The van der Waals surface area contributed by atoms with Gasteiger partial charge in [-0.2, -0.15) is 5.10 Å². The van der Waals surface area contributed by atoms with Crippen LogP contribution in [0.5, 0.6) is 0 Å². The lowest BCUT2D eigenvalue weighted by atomic mass is 10.0. The van der Waals surface area contributed by atoms with Crippen molar-refractivity contribution in [3.8, 4) is 0 Å². The van der Waals surface area contributed by atoms with Crippen LogP contribution in [0.4, 0.5) is 17.1 Å². The van der Waals surface area contributed by atoms with Gasteiger partial charge in [0.2, 0.25) is 0 Å². The van der Waals surface area contributed by atoms with Gasteiger partial charge >= 0.3 is 5.69 Å². The molecule has 8 nitrogen and oxygen atoms in total. The van der Waals surface area contributed by atoms with Gasteiger partial charge in [0.15, 0.2) is 0 Å². The summed E-state index contributed by atoms with van der Waals surface area (Å²) in [4.78, 5) is 20.9. The van der Waals surface area contributed by atoms with Crippen molar-refractivity contribution in [1.29, 1.82) is 0 Å². The number of allylic oxidation sites excluding steroid dienone is 2. The van der Waals surface area contributed by atoms with E-state index in [9.17, 15) is 20.2 Å². The summed E-state index contributed by atoms with van der Waals surface area (Å²) in [6.07, 6.45) is 1.87. The first-order valence-electron chi connectivity index (χ1n) is 9.01. The van der Waals surface area contributed by atoms with E-state index in [2.05, 4.69) is 10.5 Å². The number of hydrazone groups is 1. The number of hydrogen-bond donors (Lipinski definition) is 1. The maximum Gasteiger partial charge on any atom is 0.301 e. The molecule has 3 aromatic rings. The first kappa shape index (κ1) is 20.4. The maximum absolute atomic E-state index is 11.4. The van der Waals surface area contributed by atoms with Gasteiger partial charge in [-0.05, 0) is 30.2 Å². The van der Waals surface area contributed by atoms with Crippen molar-refractivity contribution in [2.45, 2.75) is 6.92 Å². The van der Waals surface area contributed by atoms with Gasteiger partial charge in [0, 0.05) is 11.6 Å². The van der Waals surface area contributed by atoms with Crippen LogP contribution in [0.3, 0.4) is 0 Å². The van der Waals surface area contributed by atoms with E-state index in [1.54, 1.807) is 0 Å². The van der Waals surface area contributed by atoms with Gasteiger partial charge < -0.3 is 0 Å². The zero-order chi connectivity index (χ0) is 21.5. The molecule has 0 atom stereocenters. The highest BCUT2D eigenvalue weighted by Crippen LogP contribution is 2.29. The molecule has 0 heterocycles. The van der Waals surface area contributed by atoms with Gasteiger partial charge in [-0.25, -0.2) is 0 Å². The monoisotopic (exact) mass is 402 g/mol. The number of hydrogen-bond acceptors (Lipinski definition) is 6. The van der Waals surface area contributed by atoms with Gasteiger partial charge in [-0.3, -0.25) is 25.7 Å². The fraction of sp³-hybridized carbons (Fsp3) is 0.0455. The second kappa shape index (κ2) is 9.24. The molecule has 0 saturated carbocycles. The lowest BCUT2D eigenvalue weighted by Gasteiger charge is -2.07. The van der Waals surface area contributed by atoms with E-state index >= 15 is 0 Å². The lowest BCUT2D eigenvalue weighted by molar-refractivity contribution is -0.393. The molecule has 0 spiro atoms. The molecule has 3 rings (SSSR count). The summed E-state index contributed by atoms with van der Waals surface area (Å²) >= 11 is 0. The SMILES string of the molecule is CC(=CC(=NNc1ccc([N+](=O)[O-])cc1[N+](=O)[O-])c1ccccc1)c1ccccc1. The second-order valence-corrected chi connectivity index (χ2v) is 6.38. The molecular formula is C22H18N4O4. The molecule has 1 N–H and O–H groups in total. The molecule has 0 bridgehead atoms. The molecule has 0 radical (unpaired) electrons. The number of benzene rings is 3. The largest absolute Gasteiger partial charge is 0.301 e. The molecule has 0 fully saturated rings. The van der Waals surface area contributed by atoms with Crippen LogP contribution in [-0.2, 0) is 0 Å². The minimum atomic E-state index is -0.682. The van der Waals surface area contributed by atoms with Crippen molar-refractivity contribution in [2.75, 3.05) is 5.43 Å². The highest BCUT2D eigenvalue weighted by Gasteiger charge is 2.19. The van der Waals surface area contributed by atoms with Crippen molar-refractivity contribution in [2.24, 2.45) is 5.10 Å². The number of nitrogens with one attached hydrogen (secondary N) is 1. The Labute approximate surface area is 172 Å². The second-order valence-electron chi connectivity index (χ2n) is 6.38. The molecule has 0 unspecified atom stereocenters. The van der Waals surface area contributed by atoms with Gasteiger partial charge in [0.25, 0.3) is 5.69 Å². The number of rotatable bonds is 7. The Bertz CT molecular complexity index is 1130. The van der Waals surface area contributed by atoms with Crippen LogP contribution in [0, 0.1) is 20.2 Å². The standard InChI is InChI=1S/C22H18N4O4/c1-16(17-8-4-2-5-9-17)14-21(18-10-6-3-7-11-18)24-23-20-13-12-19(25(27)28)15-22(20)26(29)30/h2-15,23H,1H3. The Balaban J connectivity index is 2.01. The summed E-state index contributed by atoms with van der Waals surface area (Å²) in [7, 11) is 0. The number of nitrogens with zero attached hydrogens (tertiary/aromatic N) is 3. The predicted molar refractivity (Wildman–Crippen MR) is 116 cm³/mol. The van der Waals surface area contributed by atoms with Crippen LogP contribution in [0.2, 0.25) is 0 Å². The third kappa shape index (κ3) is 4.93. The number of nitro groups is 2. The molecule has 3 aromatic carbocycles. The molecule has 0 aliphatic rings. The molecule has 150 valence electrons.